The molecule has 0 aliphatic carbocycles. The van der Waals surface area contributed by atoms with Crippen molar-refractivity contribution < 1.29 is 4.39 Å². The molecule has 2 N–H and O–H groups in total. The molecule has 1 aromatic carbocycles. The van der Waals surface area contributed by atoms with E-state index in [2.05, 4.69) is 11.2 Å². The van der Waals surface area contributed by atoms with E-state index >= 15 is 0 Å². The number of hydrogen-bond donors (Lipinski definition) is 1. The number of hydrogen-bond acceptors (Lipinski definition) is 3. The van der Waals surface area contributed by atoms with Crippen LogP contribution in [-0.2, 0) is 6.54 Å². The van der Waals surface area contributed by atoms with Gasteiger partial charge < -0.3 is 5.73 Å². The first-order chi connectivity index (χ1) is 9.47. The number of nitrogens with two attached hydrogens (primary N) is 1. The first-order valence-electron chi connectivity index (χ1n) is 6.48. The van der Waals surface area contributed by atoms with Gasteiger partial charge in [-0.15, -0.1) is 0 Å². The summed E-state index contributed by atoms with van der Waals surface area (Å²) in [7, 11) is 0. The molecule has 1 aliphatic rings. The number of thioether (sulfide) groups is 1. The molecule has 0 unspecified atom stereocenters. The molecule has 1 fully saturated rings. The van der Waals surface area contributed by atoms with E-state index < -0.39 is 0 Å². The minimum absolute atomic E-state index is 0.0632. The van der Waals surface area contributed by atoms with Crippen molar-refractivity contribution in [2.45, 2.75) is 24.1 Å². The maximum absolute atomic E-state index is 13.1. The normalized spacial score (nSPS) is 18.9. The molecule has 1 aliphatic heterocycles. The fourth-order valence-electron chi connectivity index (χ4n) is 2.52. The van der Waals surface area contributed by atoms with Crippen LogP contribution in [0.5, 0.6) is 0 Å². The van der Waals surface area contributed by atoms with Crippen molar-refractivity contribution in [1.82, 2.24) is 4.90 Å². The van der Waals surface area contributed by atoms with Gasteiger partial charge in [-0.05, 0) is 36.8 Å². The second-order valence-electron chi connectivity index (χ2n) is 5.09. The molecular weight excluding hydrogens is 315 g/mol. The van der Waals surface area contributed by atoms with Crippen LogP contribution in [0.4, 0.5) is 4.39 Å². The van der Waals surface area contributed by atoms with Crippen LogP contribution in [0.15, 0.2) is 18.2 Å². The molecular formula is C14H18ClFN2S2. The highest BCUT2D eigenvalue weighted by atomic mass is 35.5. The monoisotopic (exact) mass is 332 g/mol. The Labute approximate surface area is 133 Å². The van der Waals surface area contributed by atoms with Gasteiger partial charge in [0.2, 0.25) is 0 Å². The lowest BCUT2D eigenvalue weighted by Crippen LogP contribution is -2.48. The largest absolute Gasteiger partial charge is 0.392 e. The molecule has 2 rings (SSSR count). The summed E-state index contributed by atoms with van der Waals surface area (Å²) in [6.07, 6.45) is 3.98. The molecule has 0 saturated carbocycles. The van der Waals surface area contributed by atoms with Crippen LogP contribution in [-0.4, -0.2) is 34.0 Å². The van der Waals surface area contributed by atoms with E-state index in [4.69, 9.17) is 29.6 Å². The van der Waals surface area contributed by atoms with Gasteiger partial charge in [0.25, 0.3) is 0 Å². The minimum Gasteiger partial charge on any atom is -0.392 e. The number of halogens is 2. The molecule has 0 amide bonds. The molecule has 1 saturated heterocycles. The molecule has 1 aromatic rings. The van der Waals surface area contributed by atoms with E-state index in [0.717, 1.165) is 38.0 Å². The van der Waals surface area contributed by atoms with Crippen LogP contribution in [0.1, 0.15) is 18.4 Å². The Kier molecular flexibility index (Phi) is 5.29. The highest BCUT2D eigenvalue weighted by Crippen LogP contribution is 2.35. The molecule has 0 radical (unpaired) electrons. The van der Waals surface area contributed by atoms with Gasteiger partial charge in [0.1, 0.15) is 5.82 Å². The fourth-order valence-corrected chi connectivity index (χ4v) is 3.97. The molecule has 6 heteroatoms. The molecule has 0 spiro atoms. The Balaban J connectivity index is 1.97. The summed E-state index contributed by atoms with van der Waals surface area (Å²) >= 11 is 12.8. The SMILES string of the molecule is CSC1(C(N)=S)CCN(Cc2ccc(F)c(Cl)c2)CC1. The van der Waals surface area contributed by atoms with Crippen molar-refractivity contribution in [3.05, 3.63) is 34.6 Å². The smallest absolute Gasteiger partial charge is 0.141 e. The molecule has 2 nitrogen and oxygen atoms in total. The zero-order valence-electron chi connectivity index (χ0n) is 11.4. The van der Waals surface area contributed by atoms with Crippen LogP contribution in [0.2, 0.25) is 5.02 Å². The predicted octanol–water partition coefficient (Wildman–Crippen LogP) is 3.46. The summed E-state index contributed by atoms with van der Waals surface area (Å²) in [5.41, 5.74) is 6.91. The Morgan fingerprint density at radius 2 is 2.15 bits per heavy atom. The lowest BCUT2D eigenvalue weighted by atomic mass is 9.95. The van der Waals surface area contributed by atoms with Crippen molar-refractivity contribution in [3.8, 4) is 0 Å². The Hall–Kier alpha value is -0.360. The summed E-state index contributed by atoms with van der Waals surface area (Å²) in [6, 6.07) is 4.90. The molecule has 1 heterocycles. The number of benzene rings is 1. The van der Waals surface area contributed by atoms with Gasteiger partial charge in [0.15, 0.2) is 0 Å². The van der Waals surface area contributed by atoms with E-state index in [1.165, 1.54) is 6.07 Å². The van der Waals surface area contributed by atoms with E-state index in [0.29, 0.717) is 4.99 Å². The third-order valence-corrected chi connectivity index (χ3v) is 6.11. The van der Waals surface area contributed by atoms with Crippen LogP contribution in [0.25, 0.3) is 0 Å². The third kappa shape index (κ3) is 3.45. The van der Waals surface area contributed by atoms with Crippen molar-refractivity contribution in [3.63, 3.8) is 0 Å². The summed E-state index contributed by atoms with van der Waals surface area (Å²) in [4.78, 5) is 2.94. The summed E-state index contributed by atoms with van der Waals surface area (Å²) in [5, 5.41) is 0.182. The first-order valence-corrected chi connectivity index (χ1v) is 8.49. The van der Waals surface area contributed by atoms with E-state index in [1.807, 2.05) is 0 Å². The van der Waals surface area contributed by atoms with Gasteiger partial charge in [-0.3, -0.25) is 4.90 Å². The van der Waals surface area contributed by atoms with Crippen LogP contribution >= 0.6 is 35.6 Å². The van der Waals surface area contributed by atoms with Crippen LogP contribution in [0, 0.1) is 5.82 Å². The van der Waals surface area contributed by atoms with Crippen molar-refractivity contribution >= 4 is 40.6 Å². The third-order valence-electron chi connectivity index (χ3n) is 3.89. The number of piperidine rings is 1. The van der Waals surface area contributed by atoms with E-state index in [1.54, 1.807) is 23.9 Å². The molecule has 110 valence electrons. The predicted molar refractivity (Wildman–Crippen MR) is 89.0 cm³/mol. The van der Waals surface area contributed by atoms with Crippen molar-refractivity contribution in [2.24, 2.45) is 5.73 Å². The molecule has 0 bridgehead atoms. The first kappa shape index (κ1) is 16.0. The quantitative estimate of drug-likeness (QED) is 0.855. The second-order valence-corrected chi connectivity index (χ2v) is 7.12. The second kappa shape index (κ2) is 6.60. The van der Waals surface area contributed by atoms with Gasteiger partial charge in [0.05, 0.1) is 14.8 Å². The van der Waals surface area contributed by atoms with Gasteiger partial charge >= 0.3 is 0 Å². The van der Waals surface area contributed by atoms with Crippen molar-refractivity contribution in [2.75, 3.05) is 19.3 Å². The lowest BCUT2D eigenvalue weighted by molar-refractivity contribution is 0.212. The maximum Gasteiger partial charge on any atom is 0.141 e. The molecule has 0 aromatic heterocycles. The number of thiocarbonyl (C=S) groups is 1. The highest BCUT2D eigenvalue weighted by molar-refractivity contribution is 8.02. The van der Waals surface area contributed by atoms with E-state index in [-0.39, 0.29) is 15.6 Å². The zero-order valence-corrected chi connectivity index (χ0v) is 13.8. The van der Waals surface area contributed by atoms with E-state index in [9.17, 15) is 4.39 Å². The highest BCUT2D eigenvalue weighted by Gasteiger charge is 2.36. The van der Waals surface area contributed by atoms with Crippen LogP contribution in [0.3, 0.4) is 0 Å². The number of rotatable bonds is 4. The zero-order chi connectivity index (χ0) is 14.8. The van der Waals surface area contributed by atoms with Gasteiger partial charge in [-0.2, -0.15) is 11.8 Å². The Morgan fingerprint density at radius 3 is 2.65 bits per heavy atom. The Morgan fingerprint density at radius 1 is 1.50 bits per heavy atom. The number of nitrogens with zero attached hydrogens (tertiary/aromatic N) is 1. The van der Waals surface area contributed by atoms with Crippen LogP contribution < -0.4 is 5.73 Å². The fraction of sp³-hybridized carbons (Fsp3) is 0.500. The lowest BCUT2D eigenvalue weighted by Gasteiger charge is -2.40. The topological polar surface area (TPSA) is 29.3 Å². The van der Waals surface area contributed by atoms with Gasteiger partial charge in [-0.25, -0.2) is 4.39 Å². The average molecular weight is 333 g/mol. The average Bonchev–Trinajstić information content (AvgIpc) is 2.44. The number of likely N-dealkylation sites (tertiary alicyclic amines) is 1. The Bertz CT molecular complexity index is 502. The van der Waals surface area contributed by atoms with Crippen molar-refractivity contribution in [1.29, 1.82) is 0 Å². The van der Waals surface area contributed by atoms with Gasteiger partial charge in [0, 0.05) is 19.6 Å². The standard InChI is InChI=1S/C14H18ClFN2S2/c1-20-14(13(17)19)4-6-18(7-5-14)9-10-2-3-12(16)11(15)8-10/h2-3,8H,4-7,9H2,1H3,(H2,17,19). The molecule has 20 heavy (non-hydrogen) atoms. The summed E-state index contributed by atoms with van der Waals surface area (Å²) in [6.45, 7) is 2.65. The molecule has 0 atom stereocenters. The minimum atomic E-state index is -0.371. The maximum atomic E-state index is 13.1. The van der Waals surface area contributed by atoms with Gasteiger partial charge in [-0.1, -0.05) is 29.9 Å². The summed E-state index contributed by atoms with van der Waals surface area (Å²) < 4.78 is 13.1. The summed E-state index contributed by atoms with van der Waals surface area (Å²) in [5.74, 6) is -0.371.